The second kappa shape index (κ2) is 7.96. The molecule has 0 aliphatic carbocycles. The van der Waals surface area contributed by atoms with E-state index < -0.39 is 12.5 Å². The van der Waals surface area contributed by atoms with Crippen LogP contribution < -0.4 is 0 Å². The highest BCUT2D eigenvalue weighted by atomic mass is 19.1. The Balaban J connectivity index is 3.66. The average Bonchev–Trinajstić information content (AvgIpc) is 2.10. The molecule has 0 aromatic carbocycles. The molecule has 0 saturated heterocycles. The molecule has 0 spiro atoms. The van der Waals surface area contributed by atoms with Crippen molar-refractivity contribution in [3.05, 3.63) is 12.3 Å². The number of carbonyl (C=O) groups is 1. The molecule has 0 saturated carbocycles. The molecule has 16 heavy (non-hydrogen) atoms. The van der Waals surface area contributed by atoms with E-state index in [-0.39, 0.29) is 12.7 Å². The maximum atomic E-state index is 12.9. The summed E-state index contributed by atoms with van der Waals surface area (Å²) in [6, 6.07) is 0. The summed E-state index contributed by atoms with van der Waals surface area (Å²) in [4.78, 5) is 10.8. The zero-order chi connectivity index (χ0) is 12.6. The summed E-state index contributed by atoms with van der Waals surface area (Å²) in [6.07, 6.45) is -0.0310. The SMILES string of the molecule is CC(C)/C=C/OCC(F)OC(=O)OC(C)C. The molecule has 0 aromatic heterocycles. The molecule has 0 amide bonds. The van der Waals surface area contributed by atoms with Gasteiger partial charge in [0.2, 0.25) is 0 Å². The van der Waals surface area contributed by atoms with Crippen LogP contribution in [0.25, 0.3) is 0 Å². The Morgan fingerprint density at radius 3 is 2.38 bits per heavy atom. The van der Waals surface area contributed by atoms with E-state index in [9.17, 15) is 9.18 Å². The van der Waals surface area contributed by atoms with E-state index >= 15 is 0 Å². The third-order valence-corrected chi connectivity index (χ3v) is 1.34. The van der Waals surface area contributed by atoms with Gasteiger partial charge in [0.25, 0.3) is 6.36 Å². The number of hydrogen-bond donors (Lipinski definition) is 0. The Labute approximate surface area is 95.4 Å². The molecule has 0 aliphatic rings. The van der Waals surface area contributed by atoms with Crippen molar-refractivity contribution in [2.45, 2.75) is 40.2 Å². The van der Waals surface area contributed by atoms with Crippen LogP contribution in [0.4, 0.5) is 9.18 Å². The predicted octanol–water partition coefficient (Wildman–Crippen LogP) is 3.03. The molecule has 0 aromatic rings. The van der Waals surface area contributed by atoms with Crippen molar-refractivity contribution in [1.82, 2.24) is 0 Å². The van der Waals surface area contributed by atoms with Crippen LogP contribution in [0.15, 0.2) is 12.3 Å². The van der Waals surface area contributed by atoms with Gasteiger partial charge in [0.1, 0.15) is 0 Å². The highest BCUT2D eigenvalue weighted by Gasteiger charge is 2.15. The summed E-state index contributed by atoms with van der Waals surface area (Å²) in [6.45, 7) is 6.88. The standard InChI is InChI=1S/C11H19FO4/c1-8(2)5-6-14-7-10(12)16-11(13)15-9(3)4/h5-6,8-10H,7H2,1-4H3/b6-5+. The molecule has 0 heterocycles. The molecule has 0 rings (SSSR count). The van der Waals surface area contributed by atoms with Gasteiger partial charge in [0, 0.05) is 0 Å². The number of ether oxygens (including phenoxy) is 3. The first-order valence-corrected chi connectivity index (χ1v) is 5.21. The molecule has 94 valence electrons. The molecule has 0 N–H and O–H groups in total. The lowest BCUT2D eigenvalue weighted by Crippen LogP contribution is -2.21. The van der Waals surface area contributed by atoms with Gasteiger partial charge in [0.05, 0.1) is 12.4 Å². The summed E-state index contributed by atoms with van der Waals surface area (Å²) in [7, 11) is 0. The lowest BCUT2D eigenvalue weighted by molar-refractivity contribution is -0.0654. The van der Waals surface area contributed by atoms with Gasteiger partial charge in [-0.15, -0.1) is 0 Å². The van der Waals surface area contributed by atoms with Gasteiger partial charge in [-0.1, -0.05) is 13.8 Å². The Bertz CT molecular complexity index is 226. The van der Waals surface area contributed by atoms with Crippen molar-refractivity contribution in [3.63, 3.8) is 0 Å². The number of carbonyl (C=O) groups excluding carboxylic acids is 1. The quantitative estimate of drug-likeness (QED) is 0.523. The molecule has 0 fully saturated rings. The Hall–Kier alpha value is -1.26. The number of alkyl halides is 1. The normalized spacial score (nSPS) is 13.2. The van der Waals surface area contributed by atoms with Crippen molar-refractivity contribution >= 4 is 6.16 Å². The highest BCUT2D eigenvalue weighted by molar-refractivity contribution is 5.60. The Morgan fingerprint density at radius 2 is 1.88 bits per heavy atom. The predicted molar refractivity (Wildman–Crippen MR) is 57.5 cm³/mol. The van der Waals surface area contributed by atoms with Crippen LogP contribution in [0.5, 0.6) is 0 Å². The Morgan fingerprint density at radius 1 is 1.25 bits per heavy atom. The highest BCUT2D eigenvalue weighted by Crippen LogP contribution is 2.01. The molecule has 1 atom stereocenters. The molecular weight excluding hydrogens is 215 g/mol. The van der Waals surface area contributed by atoms with E-state index in [4.69, 9.17) is 4.74 Å². The molecule has 0 aliphatic heterocycles. The van der Waals surface area contributed by atoms with Crippen LogP contribution in [-0.4, -0.2) is 25.2 Å². The summed E-state index contributed by atoms with van der Waals surface area (Å²) < 4.78 is 26.6. The molecule has 5 heteroatoms. The van der Waals surface area contributed by atoms with Crippen molar-refractivity contribution in [3.8, 4) is 0 Å². The largest absolute Gasteiger partial charge is 0.511 e. The minimum atomic E-state index is -1.82. The van der Waals surface area contributed by atoms with E-state index in [1.165, 1.54) is 6.26 Å². The van der Waals surface area contributed by atoms with Crippen LogP contribution in [0.3, 0.4) is 0 Å². The van der Waals surface area contributed by atoms with Crippen molar-refractivity contribution in [1.29, 1.82) is 0 Å². The first-order chi connectivity index (χ1) is 7.41. The van der Waals surface area contributed by atoms with Crippen LogP contribution >= 0.6 is 0 Å². The number of hydrogen-bond acceptors (Lipinski definition) is 4. The second-order valence-corrected chi connectivity index (χ2v) is 3.85. The smallest absolute Gasteiger partial charge is 0.495 e. The Kier molecular flexibility index (Phi) is 7.33. The van der Waals surface area contributed by atoms with Gasteiger partial charge in [-0.05, 0) is 25.8 Å². The molecule has 4 nitrogen and oxygen atoms in total. The van der Waals surface area contributed by atoms with Crippen molar-refractivity contribution < 1.29 is 23.4 Å². The van der Waals surface area contributed by atoms with Gasteiger partial charge in [-0.2, -0.15) is 4.39 Å². The van der Waals surface area contributed by atoms with Crippen LogP contribution in [0.1, 0.15) is 27.7 Å². The summed E-state index contributed by atoms with van der Waals surface area (Å²) in [5.41, 5.74) is 0. The number of halogens is 1. The lowest BCUT2D eigenvalue weighted by Gasteiger charge is -2.11. The zero-order valence-corrected chi connectivity index (χ0v) is 10.1. The third kappa shape index (κ3) is 9.30. The van der Waals surface area contributed by atoms with Crippen LogP contribution in [0.2, 0.25) is 0 Å². The van der Waals surface area contributed by atoms with Gasteiger partial charge < -0.3 is 14.2 Å². The fourth-order valence-electron chi connectivity index (χ4n) is 0.703. The van der Waals surface area contributed by atoms with E-state index in [0.717, 1.165) is 0 Å². The van der Waals surface area contributed by atoms with Gasteiger partial charge in [0.15, 0.2) is 6.61 Å². The summed E-state index contributed by atoms with van der Waals surface area (Å²) >= 11 is 0. The van der Waals surface area contributed by atoms with Crippen LogP contribution in [0, 0.1) is 5.92 Å². The monoisotopic (exact) mass is 234 g/mol. The van der Waals surface area contributed by atoms with Crippen LogP contribution in [-0.2, 0) is 14.2 Å². The van der Waals surface area contributed by atoms with E-state index in [0.29, 0.717) is 5.92 Å². The third-order valence-electron chi connectivity index (χ3n) is 1.34. The molecular formula is C11H19FO4. The summed E-state index contributed by atoms with van der Waals surface area (Å²) in [5.74, 6) is 0.324. The first kappa shape index (κ1) is 14.7. The van der Waals surface area contributed by atoms with E-state index in [2.05, 4.69) is 9.47 Å². The van der Waals surface area contributed by atoms with Gasteiger partial charge in [-0.25, -0.2) is 4.79 Å². The summed E-state index contributed by atoms with van der Waals surface area (Å²) in [5, 5.41) is 0. The minimum absolute atomic E-state index is 0.324. The average molecular weight is 234 g/mol. The molecule has 0 bridgehead atoms. The van der Waals surface area contributed by atoms with Crippen molar-refractivity contribution in [2.75, 3.05) is 6.61 Å². The minimum Gasteiger partial charge on any atom is -0.495 e. The maximum absolute atomic E-state index is 12.9. The topological polar surface area (TPSA) is 44.8 Å². The number of allylic oxidation sites excluding steroid dienone is 1. The van der Waals surface area contributed by atoms with Gasteiger partial charge in [-0.3, -0.25) is 0 Å². The van der Waals surface area contributed by atoms with E-state index in [1.807, 2.05) is 13.8 Å². The zero-order valence-electron chi connectivity index (χ0n) is 10.1. The second-order valence-electron chi connectivity index (χ2n) is 3.85. The van der Waals surface area contributed by atoms with Crippen molar-refractivity contribution in [2.24, 2.45) is 5.92 Å². The number of rotatable bonds is 6. The lowest BCUT2D eigenvalue weighted by atomic mass is 10.2. The fourth-order valence-corrected chi connectivity index (χ4v) is 0.703. The fraction of sp³-hybridized carbons (Fsp3) is 0.727. The maximum Gasteiger partial charge on any atom is 0.511 e. The van der Waals surface area contributed by atoms with Gasteiger partial charge >= 0.3 is 6.16 Å². The first-order valence-electron chi connectivity index (χ1n) is 5.21. The van der Waals surface area contributed by atoms with E-state index in [1.54, 1.807) is 19.9 Å². The molecule has 0 radical (unpaired) electrons. The molecule has 1 unspecified atom stereocenters.